The second kappa shape index (κ2) is 7.67. The number of hydrogen-bond donors (Lipinski definition) is 1. The van der Waals surface area contributed by atoms with Crippen molar-refractivity contribution in [3.05, 3.63) is 53.6 Å². The molecule has 1 amide bonds. The number of rotatable bonds is 2. The first kappa shape index (κ1) is 20.3. The number of β-amino-alcohol motifs (C(OH)–C–C–N with tert-alkyl or cyclic N) is 1. The van der Waals surface area contributed by atoms with Crippen LogP contribution in [0.5, 0.6) is 0 Å². The molecule has 0 saturated carbocycles. The van der Waals surface area contributed by atoms with Crippen LogP contribution in [-0.4, -0.2) is 49.7 Å². The minimum atomic E-state index is -4.75. The van der Waals surface area contributed by atoms with Crippen molar-refractivity contribution in [2.24, 2.45) is 0 Å². The van der Waals surface area contributed by atoms with E-state index in [0.717, 1.165) is 24.6 Å². The Morgan fingerprint density at radius 1 is 1.13 bits per heavy atom. The molecule has 2 aromatic heterocycles. The number of halogens is 4. The minimum Gasteiger partial charge on any atom is -0.391 e. The minimum absolute atomic E-state index is 0.0149. The summed E-state index contributed by atoms with van der Waals surface area (Å²) in [7, 11) is 0. The Balaban J connectivity index is 1.79. The molecule has 0 spiro atoms. The zero-order valence-electron chi connectivity index (χ0n) is 15.7. The topological polar surface area (TPSA) is 70.7 Å². The number of carbonyl (C=O) groups excluding carboxylic acids is 1. The maximum absolute atomic E-state index is 13.7. The molecule has 3 aromatic rings. The van der Waals surface area contributed by atoms with Crippen molar-refractivity contribution in [1.82, 2.24) is 19.5 Å². The molecule has 30 heavy (non-hydrogen) atoms. The summed E-state index contributed by atoms with van der Waals surface area (Å²) >= 11 is 0. The molecule has 4 rings (SSSR count). The zero-order valence-corrected chi connectivity index (χ0v) is 15.7. The standard InChI is InChI=1S/C20H18F4N4O2/c21-13-6-4-12(5-7-13)15-9-17(20(22,23)24)28-18(25-15)10-16(26-28)19(30)27-8-2-1-3-14(29)11-27/h4-7,9-10,14,29H,1-3,8,11H2. The Labute approximate surface area is 168 Å². The van der Waals surface area contributed by atoms with Crippen molar-refractivity contribution in [3.8, 4) is 11.3 Å². The maximum Gasteiger partial charge on any atom is 0.433 e. The molecule has 1 aliphatic rings. The van der Waals surface area contributed by atoms with Gasteiger partial charge in [0.15, 0.2) is 17.0 Å². The van der Waals surface area contributed by atoms with Crippen LogP contribution in [-0.2, 0) is 6.18 Å². The number of carbonyl (C=O) groups is 1. The Morgan fingerprint density at radius 3 is 2.57 bits per heavy atom. The highest BCUT2D eigenvalue weighted by molar-refractivity contribution is 5.93. The summed E-state index contributed by atoms with van der Waals surface area (Å²) in [5, 5.41) is 13.8. The third-order valence-corrected chi connectivity index (χ3v) is 5.01. The van der Waals surface area contributed by atoms with Crippen molar-refractivity contribution < 1.29 is 27.5 Å². The summed E-state index contributed by atoms with van der Waals surface area (Å²) in [5.41, 5.74) is -1.14. The van der Waals surface area contributed by atoms with Gasteiger partial charge in [-0.25, -0.2) is 13.9 Å². The van der Waals surface area contributed by atoms with E-state index in [4.69, 9.17) is 0 Å². The number of amides is 1. The lowest BCUT2D eigenvalue weighted by Gasteiger charge is -2.20. The molecule has 1 N–H and O–H groups in total. The van der Waals surface area contributed by atoms with Crippen LogP contribution in [0.2, 0.25) is 0 Å². The largest absolute Gasteiger partial charge is 0.433 e. The van der Waals surface area contributed by atoms with Crippen LogP contribution < -0.4 is 0 Å². The monoisotopic (exact) mass is 422 g/mol. The first-order valence-corrected chi connectivity index (χ1v) is 9.43. The molecule has 1 aliphatic heterocycles. The number of nitrogens with zero attached hydrogens (tertiary/aromatic N) is 4. The second-order valence-corrected chi connectivity index (χ2v) is 7.23. The first-order chi connectivity index (χ1) is 14.2. The number of hydrogen-bond acceptors (Lipinski definition) is 4. The highest BCUT2D eigenvalue weighted by atomic mass is 19.4. The zero-order chi connectivity index (χ0) is 21.5. The number of fused-ring (bicyclic) bond motifs is 1. The molecule has 1 atom stereocenters. The summed E-state index contributed by atoms with van der Waals surface area (Å²) in [5.74, 6) is -1.08. The highest BCUT2D eigenvalue weighted by Gasteiger charge is 2.36. The van der Waals surface area contributed by atoms with Crippen LogP contribution in [0.3, 0.4) is 0 Å². The summed E-state index contributed by atoms with van der Waals surface area (Å²) in [6, 6.07) is 6.93. The number of aromatic nitrogens is 3. The van der Waals surface area contributed by atoms with E-state index < -0.39 is 29.7 Å². The lowest BCUT2D eigenvalue weighted by molar-refractivity contribution is -0.142. The SMILES string of the molecule is O=C(c1cc2nc(-c3ccc(F)cc3)cc(C(F)(F)F)n2n1)N1CCCCC(O)C1. The van der Waals surface area contributed by atoms with E-state index in [0.29, 0.717) is 29.5 Å². The van der Waals surface area contributed by atoms with Crippen LogP contribution in [0.25, 0.3) is 16.9 Å². The molecule has 158 valence electrons. The number of benzene rings is 1. The Hall–Kier alpha value is -3.01. The third-order valence-electron chi connectivity index (χ3n) is 5.01. The summed E-state index contributed by atoms with van der Waals surface area (Å²) in [6.07, 6.45) is -3.41. The molecule has 6 nitrogen and oxygen atoms in total. The lowest BCUT2D eigenvalue weighted by atomic mass is 10.1. The van der Waals surface area contributed by atoms with E-state index >= 15 is 0 Å². The third kappa shape index (κ3) is 4.00. The molecule has 0 aliphatic carbocycles. The summed E-state index contributed by atoms with van der Waals surface area (Å²) in [6.45, 7) is 0.497. The molecule has 0 radical (unpaired) electrons. The normalized spacial score (nSPS) is 17.9. The van der Waals surface area contributed by atoms with Crippen molar-refractivity contribution in [2.45, 2.75) is 31.5 Å². The first-order valence-electron chi connectivity index (χ1n) is 9.43. The van der Waals surface area contributed by atoms with E-state index in [-0.39, 0.29) is 23.6 Å². The van der Waals surface area contributed by atoms with E-state index in [1.54, 1.807) is 0 Å². The van der Waals surface area contributed by atoms with E-state index in [1.807, 2.05) is 0 Å². The average Bonchev–Trinajstić information content (AvgIpc) is 3.00. The molecular weight excluding hydrogens is 404 g/mol. The highest BCUT2D eigenvalue weighted by Crippen LogP contribution is 2.32. The van der Waals surface area contributed by atoms with Gasteiger partial charge in [0.2, 0.25) is 0 Å². The fourth-order valence-corrected chi connectivity index (χ4v) is 3.52. The van der Waals surface area contributed by atoms with Gasteiger partial charge in [0.05, 0.1) is 11.8 Å². The van der Waals surface area contributed by atoms with Gasteiger partial charge in [-0.1, -0.05) is 0 Å². The van der Waals surface area contributed by atoms with Gasteiger partial charge in [0.1, 0.15) is 5.82 Å². The quantitative estimate of drug-likeness (QED) is 0.642. The van der Waals surface area contributed by atoms with Gasteiger partial charge in [0, 0.05) is 24.7 Å². The lowest BCUT2D eigenvalue weighted by Crippen LogP contribution is -2.36. The van der Waals surface area contributed by atoms with Crippen LogP contribution in [0.4, 0.5) is 17.6 Å². The van der Waals surface area contributed by atoms with Gasteiger partial charge in [-0.3, -0.25) is 4.79 Å². The molecule has 1 unspecified atom stereocenters. The molecule has 1 saturated heterocycles. The predicted molar refractivity (Wildman–Crippen MR) is 99.1 cm³/mol. The van der Waals surface area contributed by atoms with Crippen molar-refractivity contribution in [1.29, 1.82) is 0 Å². The fraction of sp³-hybridized carbons (Fsp3) is 0.350. The summed E-state index contributed by atoms with van der Waals surface area (Å²) in [4.78, 5) is 18.4. The van der Waals surface area contributed by atoms with Crippen molar-refractivity contribution >= 4 is 11.6 Å². The number of alkyl halides is 3. The van der Waals surface area contributed by atoms with Gasteiger partial charge in [0.25, 0.3) is 5.91 Å². The number of aliphatic hydroxyl groups is 1. The summed E-state index contributed by atoms with van der Waals surface area (Å²) < 4.78 is 54.8. The van der Waals surface area contributed by atoms with Gasteiger partial charge < -0.3 is 10.0 Å². The van der Waals surface area contributed by atoms with Crippen LogP contribution in [0.1, 0.15) is 35.4 Å². The van der Waals surface area contributed by atoms with Crippen LogP contribution >= 0.6 is 0 Å². The average molecular weight is 422 g/mol. The Morgan fingerprint density at radius 2 is 1.87 bits per heavy atom. The molecule has 10 heteroatoms. The molecule has 3 heterocycles. The smallest absolute Gasteiger partial charge is 0.391 e. The molecular formula is C20H18F4N4O2. The van der Waals surface area contributed by atoms with Gasteiger partial charge in [-0.2, -0.15) is 18.3 Å². The van der Waals surface area contributed by atoms with Gasteiger partial charge in [-0.15, -0.1) is 0 Å². The fourth-order valence-electron chi connectivity index (χ4n) is 3.52. The van der Waals surface area contributed by atoms with Crippen LogP contribution in [0.15, 0.2) is 36.4 Å². The van der Waals surface area contributed by atoms with Crippen LogP contribution in [0, 0.1) is 5.82 Å². The molecule has 1 fully saturated rings. The van der Waals surface area contributed by atoms with E-state index in [9.17, 15) is 27.5 Å². The maximum atomic E-state index is 13.7. The number of aliphatic hydroxyl groups excluding tert-OH is 1. The van der Waals surface area contributed by atoms with E-state index in [1.165, 1.54) is 23.1 Å². The Kier molecular flexibility index (Phi) is 5.19. The van der Waals surface area contributed by atoms with Crippen molar-refractivity contribution in [2.75, 3.05) is 13.1 Å². The Bertz CT molecular complexity index is 1080. The van der Waals surface area contributed by atoms with Gasteiger partial charge in [-0.05, 0) is 49.6 Å². The predicted octanol–water partition coefficient (Wildman–Crippen LogP) is 3.54. The number of likely N-dealkylation sites (tertiary alicyclic amines) is 1. The van der Waals surface area contributed by atoms with Gasteiger partial charge >= 0.3 is 6.18 Å². The molecule has 1 aromatic carbocycles. The molecule has 0 bridgehead atoms. The van der Waals surface area contributed by atoms with E-state index in [2.05, 4.69) is 10.1 Å². The van der Waals surface area contributed by atoms with Crippen molar-refractivity contribution in [3.63, 3.8) is 0 Å². The second-order valence-electron chi connectivity index (χ2n) is 7.23.